The van der Waals surface area contributed by atoms with Gasteiger partial charge in [-0.15, -0.1) is 11.3 Å². The highest BCUT2D eigenvalue weighted by molar-refractivity contribution is 9.10. The monoisotopic (exact) mass is 271 g/mol. The highest BCUT2D eigenvalue weighted by Crippen LogP contribution is 2.31. The van der Waals surface area contributed by atoms with Crippen molar-refractivity contribution in [2.45, 2.75) is 13.5 Å². The molecule has 0 aliphatic heterocycles. The molecule has 0 atom stereocenters. The summed E-state index contributed by atoms with van der Waals surface area (Å²) in [7, 11) is 0. The summed E-state index contributed by atoms with van der Waals surface area (Å²) in [5.74, 6) is 0. The first kappa shape index (κ1) is 9.89. The molecule has 0 unspecified atom stereocenters. The lowest BCUT2D eigenvalue weighted by Crippen LogP contribution is -1.98. The van der Waals surface area contributed by atoms with Gasteiger partial charge in [0.1, 0.15) is 5.69 Å². The third-order valence-corrected chi connectivity index (χ3v) is 3.81. The number of nitrogens with two attached hydrogens (primary N) is 1. The smallest absolute Gasteiger partial charge is 0.105 e. The normalized spacial score (nSPS) is 10.8. The quantitative estimate of drug-likeness (QED) is 0.883. The van der Waals surface area contributed by atoms with Crippen molar-refractivity contribution >= 4 is 27.3 Å². The Hall–Kier alpha value is -0.650. The summed E-state index contributed by atoms with van der Waals surface area (Å²) in [6, 6.07) is 2.06. The Labute approximate surface area is 94.5 Å². The van der Waals surface area contributed by atoms with Crippen molar-refractivity contribution in [1.29, 1.82) is 0 Å². The molecule has 5 heteroatoms. The van der Waals surface area contributed by atoms with Crippen LogP contribution in [0.3, 0.4) is 0 Å². The van der Waals surface area contributed by atoms with Crippen LogP contribution in [0.15, 0.2) is 15.9 Å². The van der Waals surface area contributed by atoms with Crippen LogP contribution in [0.4, 0.5) is 0 Å². The maximum Gasteiger partial charge on any atom is 0.105 e. The van der Waals surface area contributed by atoms with E-state index in [-0.39, 0.29) is 0 Å². The summed E-state index contributed by atoms with van der Waals surface area (Å²) in [5.41, 5.74) is 8.72. The second kappa shape index (κ2) is 3.84. The lowest BCUT2D eigenvalue weighted by molar-refractivity contribution is 0.942. The van der Waals surface area contributed by atoms with E-state index in [0.29, 0.717) is 6.54 Å². The molecule has 0 fully saturated rings. The van der Waals surface area contributed by atoms with Crippen molar-refractivity contribution in [3.8, 4) is 10.6 Å². The predicted octanol–water partition coefficient (Wildman–Crippen LogP) is 2.67. The fraction of sp³-hybridized carbons (Fsp3) is 0.222. The van der Waals surface area contributed by atoms with Crippen molar-refractivity contribution in [3.05, 3.63) is 27.2 Å². The van der Waals surface area contributed by atoms with Crippen LogP contribution in [-0.2, 0) is 6.54 Å². The first-order valence-corrected chi connectivity index (χ1v) is 5.88. The number of H-pyrrole nitrogens is 1. The van der Waals surface area contributed by atoms with E-state index in [1.165, 1.54) is 0 Å². The second-order valence-corrected chi connectivity index (χ2v) is 4.84. The molecule has 2 aromatic heterocycles. The molecule has 14 heavy (non-hydrogen) atoms. The predicted molar refractivity (Wildman–Crippen MR) is 62.2 cm³/mol. The summed E-state index contributed by atoms with van der Waals surface area (Å²) in [4.78, 5) is 1.16. The minimum atomic E-state index is 0.505. The highest BCUT2D eigenvalue weighted by atomic mass is 79.9. The average Bonchev–Trinajstić information content (AvgIpc) is 2.72. The molecule has 0 saturated heterocycles. The van der Waals surface area contributed by atoms with E-state index in [2.05, 4.69) is 32.2 Å². The minimum absolute atomic E-state index is 0.505. The van der Waals surface area contributed by atoms with Crippen molar-refractivity contribution in [2.75, 3.05) is 0 Å². The van der Waals surface area contributed by atoms with Gasteiger partial charge in [-0.3, -0.25) is 5.10 Å². The summed E-state index contributed by atoms with van der Waals surface area (Å²) < 4.78 is 1.09. The Morgan fingerprint density at radius 2 is 2.43 bits per heavy atom. The molecule has 0 saturated carbocycles. The Bertz CT molecular complexity index is 447. The fourth-order valence-corrected chi connectivity index (χ4v) is 2.78. The number of thiophene rings is 1. The Kier molecular flexibility index (Phi) is 2.71. The van der Waals surface area contributed by atoms with E-state index in [1.807, 2.05) is 12.3 Å². The highest BCUT2D eigenvalue weighted by Gasteiger charge is 2.11. The van der Waals surface area contributed by atoms with Gasteiger partial charge in [0, 0.05) is 22.0 Å². The summed E-state index contributed by atoms with van der Waals surface area (Å²) >= 11 is 5.10. The molecule has 0 bridgehead atoms. The Balaban J connectivity index is 2.46. The van der Waals surface area contributed by atoms with Gasteiger partial charge in [0.05, 0.1) is 10.6 Å². The van der Waals surface area contributed by atoms with Crippen LogP contribution in [0.1, 0.15) is 11.3 Å². The number of rotatable bonds is 2. The molecular weight excluding hydrogens is 262 g/mol. The van der Waals surface area contributed by atoms with Crippen LogP contribution in [0.5, 0.6) is 0 Å². The minimum Gasteiger partial charge on any atom is -0.325 e. The maximum absolute atomic E-state index is 5.57. The van der Waals surface area contributed by atoms with Crippen LogP contribution in [0.2, 0.25) is 0 Å². The number of halogens is 1. The molecule has 2 rings (SSSR count). The first-order chi connectivity index (χ1) is 6.72. The number of hydrogen-bond donors (Lipinski definition) is 2. The van der Waals surface area contributed by atoms with E-state index in [4.69, 9.17) is 5.73 Å². The van der Waals surface area contributed by atoms with Gasteiger partial charge < -0.3 is 5.73 Å². The van der Waals surface area contributed by atoms with Gasteiger partial charge in [0.25, 0.3) is 0 Å². The number of nitrogens with zero attached hydrogens (tertiary/aromatic N) is 1. The fourth-order valence-electron chi connectivity index (χ4n) is 1.31. The lowest BCUT2D eigenvalue weighted by Gasteiger charge is -1.94. The molecule has 0 amide bonds. The van der Waals surface area contributed by atoms with Gasteiger partial charge in [0.15, 0.2) is 0 Å². The van der Waals surface area contributed by atoms with Gasteiger partial charge >= 0.3 is 0 Å². The van der Waals surface area contributed by atoms with E-state index in [1.54, 1.807) is 11.3 Å². The molecule has 0 aliphatic rings. The van der Waals surface area contributed by atoms with Gasteiger partial charge in [-0.25, -0.2) is 0 Å². The Morgan fingerprint density at radius 1 is 1.64 bits per heavy atom. The molecular formula is C9H10BrN3S. The van der Waals surface area contributed by atoms with Gasteiger partial charge in [0.2, 0.25) is 0 Å². The molecule has 0 radical (unpaired) electrons. The van der Waals surface area contributed by atoms with Crippen LogP contribution in [0, 0.1) is 6.92 Å². The zero-order valence-electron chi connectivity index (χ0n) is 7.67. The van der Waals surface area contributed by atoms with E-state index in [0.717, 1.165) is 26.3 Å². The van der Waals surface area contributed by atoms with E-state index in [9.17, 15) is 0 Å². The largest absolute Gasteiger partial charge is 0.325 e. The molecule has 0 aromatic carbocycles. The van der Waals surface area contributed by atoms with Crippen LogP contribution in [0.25, 0.3) is 10.6 Å². The molecule has 0 spiro atoms. The van der Waals surface area contributed by atoms with Gasteiger partial charge in [-0.1, -0.05) is 0 Å². The molecule has 2 heterocycles. The topological polar surface area (TPSA) is 54.7 Å². The number of aromatic nitrogens is 2. The van der Waals surface area contributed by atoms with E-state index >= 15 is 0 Å². The van der Waals surface area contributed by atoms with Gasteiger partial charge in [-0.2, -0.15) is 5.10 Å². The lowest BCUT2D eigenvalue weighted by atomic mass is 10.2. The molecule has 74 valence electrons. The third-order valence-electron chi connectivity index (χ3n) is 2.12. The van der Waals surface area contributed by atoms with Crippen molar-refractivity contribution in [3.63, 3.8) is 0 Å². The van der Waals surface area contributed by atoms with Crippen LogP contribution < -0.4 is 5.73 Å². The summed E-state index contributed by atoms with van der Waals surface area (Å²) in [5, 5.41) is 9.25. The van der Waals surface area contributed by atoms with Crippen molar-refractivity contribution in [1.82, 2.24) is 10.2 Å². The molecule has 3 nitrogen and oxygen atoms in total. The average molecular weight is 272 g/mol. The molecule has 0 aliphatic carbocycles. The number of nitrogens with one attached hydrogen (secondary N) is 1. The SMILES string of the molecule is Cc1c(-c2cc(Br)cs2)n[nH]c1CN. The standard InChI is InChI=1S/C9H10BrN3S/c1-5-7(3-11)12-13-9(5)8-2-6(10)4-14-8/h2,4H,3,11H2,1H3,(H,12,13). The van der Waals surface area contributed by atoms with Crippen molar-refractivity contribution in [2.24, 2.45) is 5.73 Å². The van der Waals surface area contributed by atoms with Crippen LogP contribution in [-0.4, -0.2) is 10.2 Å². The molecule has 3 N–H and O–H groups in total. The number of aromatic amines is 1. The maximum atomic E-state index is 5.57. The van der Waals surface area contributed by atoms with Crippen molar-refractivity contribution < 1.29 is 0 Å². The third kappa shape index (κ3) is 1.63. The zero-order chi connectivity index (χ0) is 10.1. The van der Waals surface area contributed by atoms with Crippen LogP contribution >= 0.6 is 27.3 Å². The first-order valence-electron chi connectivity index (χ1n) is 4.20. The zero-order valence-corrected chi connectivity index (χ0v) is 10.1. The second-order valence-electron chi connectivity index (χ2n) is 3.01. The summed E-state index contributed by atoms with van der Waals surface area (Å²) in [6.07, 6.45) is 0. The summed E-state index contributed by atoms with van der Waals surface area (Å²) in [6.45, 7) is 2.54. The molecule has 2 aromatic rings. The van der Waals surface area contributed by atoms with E-state index < -0.39 is 0 Å². The van der Waals surface area contributed by atoms with Gasteiger partial charge in [-0.05, 0) is 28.9 Å². The Morgan fingerprint density at radius 3 is 2.93 bits per heavy atom. The number of hydrogen-bond acceptors (Lipinski definition) is 3.